The molecule has 1 unspecified atom stereocenters. The first-order valence-corrected chi connectivity index (χ1v) is 6.76. The van der Waals surface area contributed by atoms with Gasteiger partial charge in [-0.15, -0.1) is 11.6 Å². The summed E-state index contributed by atoms with van der Waals surface area (Å²) in [5.74, 6) is 0.928. The van der Waals surface area contributed by atoms with Crippen molar-refractivity contribution in [1.29, 1.82) is 0 Å². The van der Waals surface area contributed by atoms with Gasteiger partial charge in [0.2, 0.25) is 0 Å². The third-order valence-corrected chi connectivity index (χ3v) is 3.11. The zero-order valence-corrected chi connectivity index (χ0v) is 12.5. The minimum Gasteiger partial charge on any atom is -0.491 e. The fourth-order valence-electron chi connectivity index (χ4n) is 2.20. The highest BCUT2D eigenvalue weighted by Gasteiger charge is 2.25. The summed E-state index contributed by atoms with van der Waals surface area (Å²) in [6.45, 7) is 7.59. The summed E-state index contributed by atoms with van der Waals surface area (Å²) in [6, 6.07) is 8.15. The second kappa shape index (κ2) is 7.01. The molecule has 0 aliphatic heterocycles. The number of para-hydroxylation sites is 1. The van der Waals surface area contributed by atoms with Crippen molar-refractivity contribution >= 4 is 11.6 Å². The molecular weight excluding hydrogens is 248 g/mol. The van der Waals surface area contributed by atoms with Crippen LogP contribution in [0.25, 0.3) is 0 Å². The number of hydrogen-bond acceptors (Lipinski definition) is 2. The van der Waals surface area contributed by atoms with Crippen molar-refractivity contribution < 1.29 is 9.47 Å². The Kier molecular flexibility index (Phi) is 5.97. The molecule has 1 aromatic carbocycles. The normalized spacial score (nSPS) is 13.4. The average Bonchev–Trinajstić information content (AvgIpc) is 2.28. The first-order valence-electron chi connectivity index (χ1n) is 6.32. The zero-order valence-electron chi connectivity index (χ0n) is 11.7. The number of hydrogen-bond donors (Lipinski definition) is 0. The fraction of sp³-hybridized carbons (Fsp3) is 0.600. The maximum absolute atomic E-state index is 6.13. The zero-order chi connectivity index (χ0) is 13.6. The third-order valence-electron chi connectivity index (χ3n) is 2.95. The number of halogens is 1. The number of ether oxygens (including phenoxy) is 2. The van der Waals surface area contributed by atoms with Gasteiger partial charge in [0.15, 0.2) is 0 Å². The fourth-order valence-corrected chi connectivity index (χ4v) is 2.59. The van der Waals surface area contributed by atoms with E-state index in [0.29, 0.717) is 13.2 Å². The van der Waals surface area contributed by atoms with E-state index in [9.17, 15) is 0 Å². The molecule has 3 heteroatoms. The van der Waals surface area contributed by atoms with Gasteiger partial charge in [0.05, 0.1) is 6.61 Å². The first kappa shape index (κ1) is 15.3. The van der Waals surface area contributed by atoms with Gasteiger partial charge in [-0.05, 0) is 30.4 Å². The summed E-state index contributed by atoms with van der Waals surface area (Å²) in [4.78, 5) is 0. The maximum Gasteiger partial charge on any atom is 0.123 e. The lowest BCUT2D eigenvalue weighted by atomic mass is 9.80. The Morgan fingerprint density at radius 3 is 2.50 bits per heavy atom. The van der Waals surface area contributed by atoms with Crippen molar-refractivity contribution in [3.05, 3.63) is 29.8 Å². The summed E-state index contributed by atoms with van der Waals surface area (Å²) < 4.78 is 10.8. The Bertz CT molecular complexity index is 361. The Hall–Kier alpha value is -0.730. The van der Waals surface area contributed by atoms with Gasteiger partial charge in [0, 0.05) is 12.5 Å². The van der Waals surface area contributed by atoms with Gasteiger partial charge in [-0.3, -0.25) is 0 Å². The van der Waals surface area contributed by atoms with E-state index >= 15 is 0 Å². The molecule has 0 N–H and O–H groups in total. The number of rotatable bonds is 7. The molecule has 2 nitrogen and oxygen atoms in total. The quantitative estimate of drug-likeness (QED) is 0.551. The van der Waals surface area contributed by atoms with Gasteiger partial charge in [-0.2, -0.15) is 0 Å². The molecule has 0 fully saturated rings. The molecule has 0 heterocycles. The number of methoxy groups -OCH3 is 1. The highest BCUT2D eigenvalue weighted by molar-refractivity contribution is 6.20. The molecular formula is C15H23ClO2. The van der Waals surface area contributed by atoms with E-state index in [1.54, 1.807) is 7.11 Å². The molecule has 0 aromatic heterocycles. The molecule has 1 atom stereocenters. The summed E-state index contributed by atoms with van der Waals surface area (Å²) in [7, 11) is 1.67. The molecule has 0 saturated carbocycles. The highest BCUT2D eigenvalue weighted by atomic mass is 35.5. The van der Waals surface area contributed by atoms with Gasteiger partial charge < -0.3 is 9.47 Å². The standard InChI is InChI=1S/C15H23ClO2/c1-12(16)11-15(2,3)13-7-5-6-8-14(13)18-10-9-17-4/h5-8,12H,9-11H2,1-4H3. The van der Waals surface area contributed by atoms with E-state index in [0.717, 1.165) is 12.2 Å². The van der Waals surface area contributed by atoms with Crippen LogP contribution < -0.4 is 4.74 Å². The van der Waals surface area contributed by atoms with Crippen molar-refractivity contribution in [3.8, 4) is 5.75 Å². The summed E-state index contributed by atoms with van der Waals surface area (Å²) >= 11 is 6.13. The van der Waals surface area contributed by atoms with E-state index in [1.807, 2.05) is 25.1 Å². The number of benzene rings is 1. The van der Waals surface area contributed by atoms with Crippen molar-refractivity contribution in [2.24, 2.45) is 0 Å². The summed E-state index contributed by atoms with van der Waals surface area (Å²) in [6.07, 6.45) is 0.916. The van der Waals surface area contributed by atoms with Crippen molar-refractivity contribution in [2.75, 3.05) is 20.3 Å². The van der Waals surface area contributed by atoms with Crippen molar-refractivity contribution in [1.82, 2.24) is 0 Å². The third kappa shape index (κ3) is 4.51. The van der Waals surface area contributed by atoms with Crippen LogP contribution >= 0.6 is 11.6 Å². The van der Waals surface area contributed by atoms with Crippen LogP contribution in [-0.4, -0.2) is 25.7 Å². The van der Waals surface area contributed by atoms with Gasteiger partial charge in [0.25, 0.3) is 0 Å². The lowest BCUT2D eigenvalue weighted by Crippen LogP contribution is -2.22. The highest BCUT2D eigenvalue weighted by Crippen LogP contribution is 2.35. The molecule has 0 saturated heterocycles. The van der Waals surface area contributed by atoms with Crippen LogP contribution in [0.3, 0.4) is 0 Å². The van der Waals surface area contributed by atoms with Crippen LogP contribution in [0.4, 0.5) is 0 Å². The Balaban J connectivity index is 2.86. The summed E-state index contributed by atoms with van der Waals surface area (Å²) in [5.41, 5.74) is 1.21. The van der Waals surface area contributed by atoms with E-state index in [4.69, 9.17) is 21.1 Å². The lowest BCUT2D eigenvalue weighted by molar-refractivity contribution is 0.145. The minimum absolute atomic E-state index is 0.00479. The van der Waals surface area contributed by atoms with Crippen LogP contribution in [0.2, 0.25) is 0 Å². The van der Waals surface area contributed by atoms with E-state index in [2.05, 4.69) is 19.9 Å². The number of alkyl halides is 1. The topological polar surface area (TPSA) is 18.5 Å². The van der Waals surface area contributed by atoms with E-state index in [-0.39, 0.29) is 10.8 Å². The largest absolute Gasteiger partial charge is 0.491 e. The molecule has 0 amide bonds. The maximum atomic E-state index is 6.13. The Morgan fingerprint density at radius 1 is 1.22 bits per heavy atom. The van der Waals surface area contributed by atoms with E-state index < -0.39 is 0 Å². The predicted molar refractivity (Wildman–Crippen MR) is 76.8 cm³/mol. The molecule has 0 aliphatic rings. The Labute approximate surface area is 115 Å². The first-order chi connectivity index (χ1) is 8.47. The minimum atomic E-state index is 0.00479. The van der Waals surface area contributed by atoms with Crippen molar-refractivity contribution in [3.63, 3.8) is 0 Å². The molecule has 0 radical (unpaired) electrons. The molecule has 0 bridgehead atoms. The van der Waals surface area contributed by atoms with Gasteiger partial charge in [0.1, 0.15) is 12.4 Å². The van der Waals surface area contributed by atoms with Crippen LogP contribution in [0.5, 0.6) is 5.75 Å². The molecule has 18 heavy (non-hydrogen) atoms. The predicted octanol–water partition coefficient (Wildman–Crippen LogP) is 4.01. The molecule has 1 rings (SSSR count). The van der Waals surface area contributed by atoms with Gasteiger partial charge in [-0.1, -0.05) is 32.0 Å². The SMILES string of the molecule is COCCOc1ccccc1C(C)(C)CC(C)Cl. The average molecular weight is 271 g/mol. The van der Waals surface area contributed by atoms with Crippen LogP contribution in [0.15, 0.2) is 24.3 Å². The summed E-state index contributed by atoms with van der Waals surface area (Å²) in [5, 5.41) is 0.145. The second-order valence-electron chi connectivity index (χ2n) is 5.21. The van der Waals surface area contributed by atoms with Crippen LogP contribution in [0.1, 0.15) is 32.8 Å². The molecule has 0 spiro atoms. The second-order valence-corrected chi connectivity index (χ2v) is 5.95. The smallest absolute Gasteiger partial charge is 0.123 e. The van der Waals surface area contributed by atoms with Crippen LogP contribution in [-0.2, 0) is 10.2 Å². The lowest BCUT2D eigenvalue weighted by Gasteiger charge is -2.28. The molecule has 102 valence electrons. The van der Waals surface area contributed by atoms with Gasteiger partial charge in [-0.25, -0.2) is 0 Å². The monoisotopic (exact) mass is 270 g/mol. The van der Waals surface area contributed by atoms with E-state index in [1.165, 1.54) is 5.56 Å². The molecule has 0 aliphatic carbocycles. The Morgan fingerprint density at radius 2 is 1.89 bits per heavy atom. The van der Waals surface area contributed by atoms with Gasteiger partial charge >= 0.3 is 0 Å². The van der Waals surface area contributed by atoms with Crippen LogP contribution in [0, 0.1) is 0 Å². The van der Waals surface area contributed by atoms with Crippen molar-refractivity contribution in [2.45, 2.75) is 38.0 Å². The molecule has 1 aromatic rings.